The van der Waals surface area contributed by atoms with E-state index < -0.39 is 0 Å². The number of benzene rings is 2. The van der Waals surface area contributed by atoms with Crippen LogP contribution in [-0.4, -0.2) is 0 Å². The van der Waals surface area contributed by atoms with Crippen molar-refractivity contribution in [3.8, 4) is 23.7 Å². The summed E-state index contributed by atoms with van der Waals surface area (Å²) in [5, 5.41) is 0. The normalized spacial score (nSPS) is 9.60. The minimum absolute atomic E-state index is 0.0930. The maximum absolute atomic E-state index is 3.28. The Bertz CT molecular complexity index is 586. The highest BCUT2D eigenvalue weighted by Crippen LogP contribution is 2.09. The molecule has 0 unspecified atom stereocenters. The molecule has 98 valence electrons. The average molecular weight is 258 g/mol. The topological polar surface area (TPSA) is 0 Å². The lowest BCUT2D eigenvalue weighted by molar-refractivity contribution is 0.580. The van der Waals surface area contributed by atoms with Crippen molar-refractivity contribution in [1.29, 1.82) is 0 Å². The van der Waals surface area contributed by atoms with Gasteiger partial charge >= 0.3 is 0 Å². The van der Waals surface area contributed by atoms with Crippen molar-refractivity contribution < 1.29 is 0 Å². The molecule has 0 atom stereocenters. The third kappa shape index (κ3) is 4.34. The zero-order valence-electron chi connectivity index (χ0n) is 11.9. The van der Waals surface area contributed by atoms with Gasteiger partial charge in [0.1, 0.15) is 0 Å². The summed E-state index contributed by atoms with van der Waals surface area (Å²) >= 11 is 0. The SMILES string of the molecule is CC(C)C(C#Cc1ccccc1)C#Cc1ccccc1. The predicted octanol–water partition coefficient (Wildman–Crippen LogP) is 4.36. The van der Waals surface area contributed by atoms with Gasteiger partial charge in [0.15, 0.2) is 0 Å². The van der Waals surface area contributed by atoms with Crippen LogP contribution in [0, 0.1) is 35.5 Å². The van der Waals surface area contributed by atoms with E-state index >= 15 is 0 Å². The Balaban J connectivity index is 2.18. The molecule has 2 rings (SSSR count). The molecule has 0 heteroatoms. The van der Waals surface area contributed by atoms with Crippen LogP contribution in [0.3, 0.4) is 0 Å². The Labute approximate surface area is 121 Å². The van der Waals surface area contributed by atoms with Gasteiger partial charge in [0.2, 0.25) is 0 Å². The van der Waals surface area contributed by atoms with Crippen molar-refractivity contribution in [2.45, 2.75) is 13.8 Å². The molecule has 0 fully saturated rings. The lowest BCUT2D eigenvalue weighted by Crippen LogP contribution is -2.03. The second-order valence-electron chi connectivity index (χ2n) is 4.99. The van der Waals surface area contributed by atoms with E-state index in [0.717, 1.165) is 11.1 Å². The van der Waals surface area contributed by atoms with E-state index in [1.807, 2.05) is 60.7 Å². The third-order valence-electron chi connectivity index (χ3n) is 2.96. The van der Waals surface area contributed by atoms with Gasteiger partial charge in [-0.05, 0) is 30.2 Å². The van der Waals surface area contributed by atoms with Gasteiger partial charge < -0.3 is 0 Å². The smallest absolute Gasteiger partial charge is 0.0811 e. The Morgan fingerprint density at radius 1 is 0.650 bits per heavy atom. The molecule has 0 aliphatic carbocycles. The number of hydrogen-bond acceptors (Lipinski definition) is 0. The minimum Gasteiger partial charge on any atom is -0.0811 e. The minimum atomic E-state index is 0.0930. The number of rotatable bonds is 1. The van der Waals surface area contributed by atoms with Crippen LogP contribution in [0.2, 0.25) is 0 Å². The van der Waals surface area contributed by atoms with Crippen molar-refractivity contribution in [2.24, 2.45) is 11.8 Å². The van der Waals surface area contributed by atoms with Crippen LogP contribution < -0.4 is 0 Å². The van der Waals surface area contributed by atoms with Crippen molar-refractivity contribution in [3.05, 3.63) is 71.8 Å². The lowest BCUT2D eigenvalue weighted by atomic mass is 9.96. The van der Waals surface area contributed by atoms with Crippen LogP contribution >= 0.6 is 0 Å². The van der Waals surface area contributed by atoms with Gasteiger partial charge in [-0.15, -0.1) is 0 Å². The van der Waals surface area contributed by atoms with E-state index in [0.29, 0.717) is 5.92 Å². The Morgan fingerprint density at radius 3 is 1.40 bits per heavy atom. The third-order valence-corrected chi connectivity index (χ3v) is 2.96. The van der Waals surface area contributed by atoms with Crippen LogP contribution in [0.15, 0.2) is 60.7 Å². The zero-order chi connectivity index (χ0) is 14.2. The maximum Gasteiger partial charge on any atom is 0.0841 e. The van der Waals surface area contributed by atoms with Gasteiger partial charge in [-0.2, -0.15) is 0 Å². The molecule has 0 N–H and O–H groups in total. The van der Waals surface area contributed by atoms with Crippen LogP contribution in [0.25, 0.3) is 0 Å². The quantitative estimate of drug-likeness (QED) is 0.667. The molecule has 20 heavy (non-hydrogen) atoms. The summed E-state index contributed by atoms with van der Waals surface area (Å²) in [5.41, 5.74) is 2.08. The molecule has 0 nitrogen and oxygen atoms in total. The summed E-state index contributed by atoms with van der Waals surface area (Å²) in [6.07, 6.45) is 0. The summed E-state index contributed by atoms with van der Waals surface area (Å²) in [5.74, 6) is 13.5. The molecular weight excluding hydrogens is 240 g/mol. The fourth-order valence-corrected chi connectivity index (χ4v) is 1.73. The molecule has 0 aliphatic rings. The summed E-state index contributed by atoms with van der Waals surface area (Å²) in [7, 11) is 0. The molecule has 0 bridgehead atoms. The molecule has 0 radical (unpaired) electrons. The predicted molar refractivity (Wildman–Crippen MR) is 85.0 cm³/mol. The van der Waals surface area contributed by atoms with Crippen LogP contribution in [-0.2, 0) is 0 Å². The van der Waals surface area contributed by atoms with E-state index in [9.17, 15) is 0 Å². The largest absolute Gasteiger partial charge is 0.0841 e. The molecular formula is C20H18. The van der Waals surface area contributed by atoms with Crippen molar-refractivity contribution in [2.75, 3.05) is 0 Å². The standard InChI is InChI=1S/C20H18/c1-17(2)20(15-13-18-9-5-3-6-10-18)16-14-19-11-7-4-8-12-19/h3-12,17,20H,1-2H3. The molecule has 0 heterocycles. The van der Waals surface area contributed by atoms with Crippen LogP contribution in [0.1, 0.15) is 25.0 Å². The zero-order valence-corrected chi connectivity index (χ0v) is 11.9. The summed E-state index contributed by atoms with van der Waals surface area (Å²) < 4.78 is 0. The Morgan fingerprint density at radius 2 is 1.05 bits per heavy atom. The molecule has 0 aromatic heterocycles. The highest BCUT2D eigenvalue weighted by Gasteiger charge is 2.05. The second kappa shape index (κ2) is 7.22. The summed E-state index contributed by atoms with van der Waals surface area (Å²) in [6, 6.07) is 20.1. The van der Waals surface area contributed by atoms with Crippen LogP contribution in [0.4, 0.5) is 0 Å². The average Bonchev–Trinajstić information content (AvgIpc) is 2.49. The van der Waals surface area contributed by atoms with E-state index in [2.05, 4.69) is 37.5 Å². The van der Waals surface area contributed by atoms with Gasteiger partial charge in [0.05, 0.1) is 5.92 Å². The van der Waals surface area contributed by atoms with Crippen molar-refractivity contribution in [3.63, 3.8) is 0 Å². The molecule has 2 aromatic carbocycles. The second-order valence-corrected chi connectivity index (χ2v) is 4.99. The molecule has 0 saturated carbocycles. The van der Waals surface area contributed by atoms with E-state index in [1.165, 1.54) is 0 Å². The first-order chi connectivity index (χ1) is 9.75. The van der Waals surface area contributed by atoms with E-state index in [4.69, 9.17) is 0 Å². The van der Waals surface area contributed by atoms with E-state index in [-0.39, 0.29) is 5.92 Å². The first kappa shape index (κ1) is 14.0. The van der Waals surface area contributed by atoms with Gasteiger partial charge in [-0.1, -0.05) is 73.9 Å². The summed E-state index contributed by atoms with van der Waals surface area (Å²) in [4.78, 5) is 0. The first-order valence-electron chi connectivity index (χ1n) is 6.89. The highest BCUT2D eigenvalue weighted by molar-refractivity contribution is 5.39. The van der Waals surface area contributed by atoms with Crippen molar-refractivity contribution >= 4 is 0 Å². The fourth-order valence-electron chi connectivity index (χ4n) is 1.73. The first-order valence-corrected chi connectivity index (χ1v) is 6.89. The molecule has 0 saturated heterocycles. The molecule has 2 aromatic rings. The molecule has 0 spiro atoms. The lowest BCUT2D eigenvalue weighted by Gasteiger charge is -2.06. The molecule has 0 aliphatic heterocycles. The highest BCUT2D eigenvalue weighted by atomic mass is 14.1. The monoisotopic (exact) mass is 258 g/mol. The molecule has 0 amide bonds. The Kier molecular flexibility index (Phi) is 5.05. The number of hydrogen-bond donors (Lipinski definition) is 0. The van der Waals surface area contributed by atoms with Crippen LogP contribution in [0.5, 0.6) is 0 Å². The summed E-state index contributed by atoms with van der Waals surface area (Å²) in [6.45, 7) is 4.31. The van der Waals surface area contributed by atoms with Crippen molar-refractivity contribution in [1.82, 2.24) is 0 Å². The maximum atomic E-state index is 3.28. The van der Waals surface area contributed by atoms with Gasteiger partial charge in [-0.3, -0.25) is 0 Å². The fraction of sp³-hybridized carbons (Fsp3) is 0.200. The van der Waals surface area contributed by atoms with E-state index in [1.54, 1.807) is 0 Å². The Hall–Kier alpha value is -2.44. The van der Waals surface area contributed by atoms with Gasteiger partial charge in [0, 0.05) is 11.1 Å². The van der Waals surface area contributed by atoms with Gasteiger partial charge in [0.25, 0.3) is 0 Å². The van der Waals surface area contributed by atoms with Gasteiger partial charge in [-0.25, -0.2) is 0 Å².